The van der Waals surface area contributed by atoms with Gasteiger partial charge in [-0.15, -0.1) is 4.68 Å². The second-order valence-electron chi connectivity index (χ2n) is 7.98. The number of halogens is 1. The number of anilines is 1. The summed E-state index contributed by atoms with van der Waals surface area (Å²) in [5.74, 6) is 1.53. The van der Waals surface area contributed by atoms with Crippen molar-refractivity contribution in [2.45, 2.75) is 6.54 Å². The van der Waals surface area contributed by atoms with Crippen LogP contribution in [0.15, 0.2) is 90.3 Å². The molecule has 1 heterocycles. The first-order chi connectivity index (χ1) is 16.4. The van der Waals surface area contributed by atoms with Crippen molar-refractivity contribution in [2.24, 2.45) is 5.10 Å². The van der Waals surface area contributed by atoms with Gasteiger partial charge in [0, 0.05) is 30.4 Å². The van der Waals surface area contributed by atoms with Crippen LogP contribution < -0.4 is 14.2 Å². The lowest BCUT2D eigenvalue weighted by Crippen LogP contribution is -2.38. The summed E-state index contributed by atoms with van der Waals surface area (Å²) in [4.78, 5) is 15.0. The number of ether oxygens (including phenoxy) is 1. The topological polar surface area (TPSA) is 50.7 Å². The number of benzene rings is 3. The van der Waals surface area contributed by atoms with Crippen LogP contribution in [0.2, 0.25) is 5.02 Å². The molecule has 0 fully saturated rings. The molecule has 0 N–H and O–H groups in total. The number of carbonyl (C=O) groups is 1. The Morgan fingerprint density at radius 3 is 2.32 bits per heavy atom. The van der Waals surface area contributed by atoms with Crippen LogP contribution in [0.1, 0.15) is 15.9 Å². The second kappa shape index (κ2) is 10.4. The SMILES string of the molecule is COc1ccc(-c2n(N=Cc3ccc(N(C)C)cc3)cc[n+]2CC(=O)c2ccc(Cl)cc2)cc1. The number of Topliss-reactive ketones (excluding diaryl/α,β-unsaturated/α-hetero) is 1. The van der Waals surface area contributed by atoms with Gasteiger partial charge in [-0.05, 0) is 66.2 Å². The molecule has 172 valence electrons. The standard InChI is InChI=1S/C27H26ClN4O2/c1-30(2)24-12-4-20(5-13-24)18-29-32-17-16-31(19-26(33)21-6-10-23(28)11-7-21)27(32)22-8-14-25(34-3)15-9-22/h4-18H,19H2,1-3H3/q+1. The third-order valence-corrected chi connectivity index (χ3v) is 5.70. The summed E-state index contributed by atoms with van der Waals surface area (Å²) >= 11 is 5.97. The number of carbonyl (C=O) groups excluding carboxylic acids is 1. The Balaban J connectivity index is 1.67. The number of rotatable bonds is 8. The molecule has 0 unspecified atom stereocenters. The Kier molecular flexibility index (Phi) is 7.09. The lowest BCUT2D eigenvalue weighted by molar-refractivity contribution is -0.671. The molecule has 0 saturated heterocycles. The minimum absolute atomic E-state index is 0.0163. The zero-order chi connectivity index (χ0) is 24.1. The Labute approximate surface area is 204 Å². The van der Waals surface area contributed by atoms with Crippen LogP contribution in [-0.2, 0) is 6.54 Å². The zero-order valence-electron chi connectivity index (χ0n) is 19.4. The van der Waals surface area contributed by atoms with Gasteiger partial charge in [-0.25, -0.2) is 4.57 Å². The Hall–Kier alpha value is -3.90. The maximum Gasteiger partial charge on any atom is 0.314 e. The van der Waals surface area contributed by atoms with Crippen molar-refractivity contribution in [2.75, 3.05) is 26.1 Å². The van der Waals surface area contributed by atoms with Gasteiger partial charge in [0.05, 0.1) is 18.9 Å². The smallest absolute Gasteiger partial charge is 0.314 e. The fraction of sp³-hybridized carbons (Fsp3) is 0.148. The van der Waals surface area contributed by atoms with Gasteiger partial charge in [0.2, 0.25) is 5.78 Å². The summed E-state index contributed by atoms with van der Waals surface area (Å²) in [5.41, 5.74) is 3.61. The Bertz CT molecular complexity index is 1290. The molecule has 0 radical (unpaired) electrons. The summed E-state index contributed by atoms with van der Waals surface area (Å²) < 4.78 is 8.97. The van der Waals surface area contributed by atoms with E-state index in [0.717, 1.165) is 28.4 Å². The number of aromatic nitrogens is 2. The largest absolute Gasteiger partial charge is 0.497 e. The molecule has 6 nitrogen and oxygen atoms in total. The van der Waals surface area contributed by atoms with E-state index in [2.05, 4.69) is 10.0 Å². The molecule has 1 aromatic heterocycles. The first-order valence-corrected chi connectivity index (χ1v) is 11.2. The monoisotopic (exact) mass is 473 g/mol. The van der Waals surface area contributed by atoms with Crippen molar-refractivity contribution < 1.29 is 14.1 Å². The highest BCUT2D eigenvalue weighted by atomic mass is 35.5. The van der Waals surface area contributed by atoms with Gasteiger partial charge >= 0.3 is 5.82 Å². The first kappa shape index (κ1) is 23.3. The predicted octanol–water partition coefficient (Wildman–Crippen LogP) is 4.94. The molecule has 34 heavy (non-hydrogen) atoms. The molecule has 0 bridgehead atoms. The molecule has 0 aliphatic heterocycles. The van der Waals surface area contributed by atoms with Crippen LogP contribution in [0.4, 0.5) is 5.69 Å². The third-order valence-electron chi connectivity index (χ3n) is 5.45. The molecule has 0 amide bonds. The van der Waals surface area contributed by atoms with Crippen LogP contribution in [0.5, 0.6) is 5.75 Å². The lowest BCUT2D eigenvalue weighted by Gasteiger charge is -2.11. The van der Waals surface area contributed by atoms with Gasteiger partial charge in [-0.1, -0.05) is 28.8 Å². The van der Waals surface area contributed by atoms with E-state index in [1.807, 2.05) is 79.6 Å². The predicted molar refractivity (Wildman–Crippen MR) is 136 cm³/mol. The average Bonchev–Trinajstić information content (AvgIpc) is 3.25. The summed E-state index contributed by atoms with van der Waals surface area (Å²) in [6.07, 6.45) is 5.51. The van der Waals surface area contributed by atoms with Crippen molar-refractivity contribution in [1.29, 1.82) is 0 Å². The fourth-order valence-corrected chi connectivity index (χ4v) is 3.67. The minimum Gasteiger partial charge on any atom is -0.497 e. The van der Waals surface area contributed by atoms with E-state index >= 15 is 0 Å². The van der Waals surface area contributed by atoms with Gasteiger partial charge in [0.25, 0.3) is 0 Å². The molecular formula is C27H26ClN4O2+. The van der Waals surface area contributed by atoms with Crippen LogP contribution in [0.3, 0.4) is 0 Å². The van der Waals surface area contributed by atoms with E-state index in [1.54, 1.807) is 42.3 Å². The molecule has 0 spiro atoms. The van der Waals surface area contributed by atoms with Crippen LogP contribution in [0, 0.1) is 0 Å². The molecule has 0 saturated carbocycles. The average molecular weight is 474 g/mol. The van der Waals surface area contributed by atoms with E-state index in [1.165, 1.54) is 0 Å². The number of imidazole rings is 1. The normalized spacial score (nSPS) is 11.1. The molecule has 0 aliphatic rings. The third kappa shape index (κ3) is 5.35. The quantitative estimate of drug-likeness (QED) is 0.207. The second-order valence-corrected chi connectivity index (χ2v) is 8.42. The summed E-state index contributed by atoms with van der Waals surface area (Å²) in [6.45, 7) is 0.170. The van der Waals surface area contributed by atoms with Gasteiger partial charge < -0.3 is 9.64 Å². The summed E-state index contributed by atoms with van der Waals surface area (Å²) in [5, 5.41) is 5.28. The molecule has 7 heteroatoms. The van der Waals surface area contributed by atoms with Crippen molar-refractivity contribution >= 4 is 29.3 Å². The first-order valence-electron chi connectivity index (χ1n) is 10.8. The van der Waals surface area contributed by atoms with Gasteiger partial charge in [-0.3, -0.25) is 4.79 Å². The van der Waals surface area contributed by atoms with Gasteiger partial charge in [-0.2, -0.15) is 0 Å². The van der Waals surface area contributed by atoms with E-state index in [0.29, 0.717) is 10.6 Å². The zero-order valence-corrected chi connectivity index (χ0v) is 20.1. The fourth-order valence-electron chi connectivity index (χ4n) is 3.54. The van der Waals surface area contributed by atoms with E-state index < -0.39 is 0 Å². The van der Waals surface area contributed by atoms with Gasteiger partial charge in [0.1, 0.15) is 11.9 Å². The molecule has 0 aliphatic carbocycles. The number of hydrogen-bond donors (Lipinski definition) is 0. The maximum atomic E-state index is 12.9. The maximum absolute atomic E-state index is 12.9. The van der Waals surface area contributed by atoms with Crippen LogP contribution in [0.25, 0.3) is 11.4 Å². The Morgan fingerprint density at radius 2 is 1.71 bits per heavy atom. The summed E-state index contributed by atoms with van der Waals surface area (Å²) in [7, 11) is 5.65. The van der Waals surface area contributed by atoms with Crippen LogP contribution >= 0.6 is 11.6 Å². The Morgan fingerprint density at radius 1 is 1.03 bits per heavy atom. The van der Waals surface area contributed by atoms with Crippen LogP contribution in [-0.4, -0.2) is 37.9 Å². The van der Waals surface area contributed by atoms with E-state index in [4.69, 9.17) is 16.3 Å². The summed E-state index contributed by atoms with van der Waals surface area (Å²) in [6, 6.07) is 22.8. The highest BCUT2D eigenvalue weighted by Gasteiger charge is 2.22. The van der Waals surface area contributed by atoms with E-state index in [-0.39, 0.29) is 12.3 Å². The lowest BCUT2D eigenvalue weighted by atomic mass is 10.1. The molecule has 0 atom stereocenters. The minimum atomic E-state index is -0.0163. The van der Waals surface area contributed by atoms with Crippen molar-refractivity contribution in [3.05, 3.63) is 101 Å². The van der Waals surface area contributed by atoms with E-state index in [9.17, 15) is 4.79 Å². The molecule has 3 aromatic carbocycles. The highest BCUT2D eigenvalue weighted by Crippen LogP contribution is 2.21. The molecular weight excluding hydrogens is 448 g/mol. The number of ketones is 1. The molecule has 4 aromatic rings. The van der Waals surface area contributed by atoms with Gasteiger partial charge in [0.15, 0.2) is 12.7 Å². The van der Waals surface area contributed by atoms with Crippen molar-refractivity contribution in [1.82, 2.24) is 4.68 Å². The van der Waals surface area contributed by atoms with Crippen molar-refractivity contribution in [3.8, 4) is 17.1 Å². The highest BCUT2D eigenvalue weighted by molar-refractivity contribution is 6.30. The number of hydrogen-bond acceptors (Lipinski definition) is 4. The van der Waals surface area contributed by atoms with Crippen molar-refractivity contribution in [3.63, 3.8) is 0 Å². The molecule has 4 rings (SSSR count). The number of methoxy groups -OCH3 is 1. The number of nitrogens with zero attached hydrogens (tertiary/aromatic N) is 4.